The van der Waals surface area contributed by atoms with Crippen LogP contribution in [0.15, 0.2) is 48.5 Å². The highest BCUT2D eigenvalue weighted by Gasteiger charge is 2.31. The molecule has 0 unspecified atom stereocenters. The minimum atomic E-state index is -0.0442. The normalized spacial score (nSPS) is 22.3. The van der Waals surface area contributed by atoms with E-state index in [2.05, 4.69) is 17.4 Å². The summed E-state index contributed by atoms with van der Waals surface area (Å²) in [6, 6.07) is 15.8. The molecule has 4 rings (SSSR count). The lowest BCUT2D eigenvalue weighted by atomic mass is 10.1. The molecule has 0 saturated carbocycles. The molecular weight excluding hydrogens is 342 g/mol. The Bertz CT molecular complexity index is 789. The van der Waals surface area contributed by atoms with Gasteiger partial charge in [-0.15, -0.1) is 0 Å². The number of carbonyl (C=O) groups is 1. The Kier molecular flexibility index (Phi) is 5.27. The highest BCUT2D eigenvalue weighted by atomic mass is 16.7. The third-order valence-corrected chi connectivity index (χ3v) is 5.54. The average molecular weight is 369 g/mol. The van der Waals surface area contributed by atoms with E-state index in [1.807, 2.05) is 43.3 Å². The number of amides is 1. The number of quaternary nitrogens is 2. The van der Waals surface area contributed by atoms with Crippen molar-refractivity contribution in [3.63, 3.8) is 0 Å². The quantitative estimate of drug-likeness (QED) is 0.680. The number of carbonyl (C=O) groups excluding carboxylic acids is 1. The van der Waals surface area contributed by atoms with Crippen molar-refractivity contribution in [1.82, 2.24) is 0 Å². The Morgan fingerprint density at radius 2 is 1.78 bits per heavy atom. The summed E-state index contributed by atoms with van der Waals surface area (Å²) in [5.74, 6) is 1.78. The molecule has 2 aromatic carbocycles. The van der Waals surface area contributed by atoms with Crippen molar-refractivity contribution in [3.8, 4) is 11.5 Å². The van der Waals surface area contributed by atoms with Crippen LogP contribution in [-0.4, -0.2) is 44.9 Å². The molecule has 27 heavy (non-hydrogen) atoms. The number of piperazine rings is 1. The number of rotatable bonds is 5. The van der Waals surface area contributed by atoms with Gasteiger partial charge in [0, 0.05) is 11.3 Å². The van der Waals surface area contributed by atoms with Crippen LogP contribution in [0, 0.1) is 0 Å². The van der Waals surface area contributed by atoms with Crippen molar-refractivity contribution < 1.29 is 24.1 Å². The number of hydrogen-bond acceptors (Lipinski definition) is 3. The summed E-state index contributed by atoms with van der Waals surface area (Å²) < 4.78 is 10.9. The summed E-state index contributed by atoms with van der Waals surface area (Å²) in [5.41, 5.74) is 2.13. The van der Waals surface area contributed by atoms with Crippen LogP contribution in [0.4, 0.5) is 5.69 Å². The molecule has 1 saturated heterocycles. The van der Waals surface area contributed by atoms with Gasteiger partial charge in [0.15, 0.2) is 17.5 Å². The molecule has 142 valence electrons. The van der Waals surface area contributed by atoms with E-state index in [4.69, 9.17) is 9.47 Å². The Morgan fingerprint density at radius 3 is 2.56 bits per heavy atom. The van der Waals surface area contributed by atoms with Gasteiger partial charge >= 0.3 is 0 Å². The molecule has 0 aromatic heterocycles. The smallest absolute Gasteiger partial charge is 0.282 e. The first-order chi connectivity index (χ1) is 13.2. The molecular formula is C21H27N3O3+2. The van der Waals surface area contributed by atoms with Crippen LogP contribution < -0.4 is 24.6 Å². The lowest BCUT2D eigenvalue weighted by molar-refractivity contribution is -1.02. The first kappa shape index (κ1) is 17.8. The van der Waals surface area contributed by atoms with Crippen LogP contribution in [0.3, 0.4) is 0 Å². The van der Waals surface area contributed by atoms with Crippen molar-refractivity contribution in [2.75, 3.05) is 38.3 Å². The zero-order valence-electron chi connectivity index (χ0n) is 15.7. The van der Waals surface area contributed by atoms with E-state index in [9.17, 15) is 4.79 Å². The molecule has 2 aliphatic heterocycles. The van der Waals surface area contributed by atoms with Crippen molar-refractivity contribution in [1.29, 1.82) is 0 Å². The minimum absolute atomic E-state index is 0.0442. The Labute approximate surface area is 159 Å². The zero-order valence-corrected chi connectivity index (χ0v) is 15.7. The molecule has 0 spiro atoms. The van der Waals surface area contributed by atoms with Gasteiger partial charge in [-0.1, -0.05) is 18.2 Å². The highest BCUT2D eigenvalue weighted by Crippen LogP contribution is 2.32. The Morgan fingerprint density at radius 1 is 1.04 bits per heavy atom. The summed E-state index contributed by atoms with van der Waals surface area (Å²) in [5, 5.41) is 3.02. The van der Waals surface area contributed by atoms with Crippen molar-refractivity contribution in [2.45, 2.75) is 19.5 Å². The van der Waals surface area contributed by atoms with Crippen molar-refractivity contribution >= 4 is 11.6 Å². The van der Waals surface area contributed by atoms with Crippen LogP contribution in [0.25, 0.3) is 0 Å². The van der Waals surface area contributed by atoms with Gasteiger partial charge in [-0.3, -0.25) is 4.79 Å². The second-order valence-electron chi connectivity index (χ2n) is 7.35. The molecule has 3 N–H and O–H groups in total. The van der Waals surface area contributed by atoms with E-state index >= 15 is 0 Å². The molecule has 1 amide bonds. The first-order valence-electron chi connectivity index (χ1n) is 9.61. The van der Waals surface area contributed by atoms with E-state index < -0.39 is 0 Å². The van der Waals surface area contributed by atoms with Gasteiger partial charge in [0.2, 0.25) is 6.79 Å². The average Bonchev–Trinajstić information content (AvgIpc) is 3.16. The highest BCUT2D eigenvalue weighted by molar-refractivity contribution is 5.93. The monoisotopic (exact) mass is 369 g/mol. The summed E-state index contributed by atoms with van der Waals surface area (Å²) in [4.78, 5) is 15.4. The van der Waals surface area contributed by atoms with Gasteiger partial charge in [-0.2, -0.15) is 0 Å². The van der Waals surface area contributed by atoms with Crippen LogP contribution in [0.5, 0.6) is 11.5 Å². The molecule has 0 bridgehead atoms. The maximum absolute atomic E-state index is 12.5. The van der Waals surface area contributed by atoms with Crippen molar-refractivity contribution in [2.24, 2.45) is 0 Å². The Balaban J connectivity index is 1.27. The fourth-order valence-electron chi connectivity index (χ4n) is 3.83. The van der Waals surface area contributed by atoms with Gasteiger partial charge in [0.25, 0.3) is 5.91 Å². The second kappa shape index (κ2) is 7.98. The van der Waals surface area contributed by atoms with Crippen LogP contribution in [0.2, 0.25) is 0 Å². The lowest BCUT2D eigenvalue weighted by Gasteiger charge is -2.32. The summed E-state index contributed by atoms with van der Waals surface area (Å²) in [7, 11) is 0. The topological polar surface area (TPSA) is 56.4 Å². The summed E-state index contributed by atoms with van der Waals surface area (Å²) in [6.45, 7) is 7.45. The maximum Gasteiger partial charge on any atom is 0.282 e. The number of nitrogens with one attached hydrogen (secondary N) is 3. The maximum atomic E-state index is 12.5. The van der Waals surface area contributed by atoms with E-state index in [1.165, 1.54) is 10.5 Å². The van der Waals surface area contributed by atoms with Gasteiger partial charge in [0.1, 0.15) is 32.7 Å². The lowest BCUT2D eigenvalue weighted by Crippen LogP contribution is -3.29. The molecule has 0 radical (unpaired) electrons. The molecule has 0 aliphatic carbocycles. The first-order valence-corrected chi connectivity index (χ1v) is 9.61. The van der Waals surface area contributed by atoms with Gasteiger partial charge in [-0.25, -0.2) is 0 Å². The molecule has 1 fully saturated rings. The largest absolute Gasteiger partial charge is 0.454 e. The molecule has 6 heteroatoms. The van der Waals surface area contributed by atoms with Crippen LogP contribution in [0.1, 0.15) is 12.5 Å². The number of benzene rings is 2. The van der Waals surface area contributed by atoms with Crippen LogP contribution in [-0.2, 0) is 11.3 Å². The molecule has 2 aromatic rings. The number of anilines is 1. The van der Waals surface area contributed by atoms with Gasteiger partial charge < -0.3 is 24.6 Å². The SMILES string of the molecule is C[C@@H](C(=O)Nc1ccccc1)[NH+]1CC[NH+](Cc2ccc3c(c2)OCO3)CC1. The fourth-order valence-corrected chi connectivity index (χ4v) is 3.83. The zero-order chi connectivity index (χ0) is 18.6. The third kappa shape index (κ3) is 4.23. The van der Waals surface area contributed by atoms with E-state index in [-0.39, 0.29) is 11.9 Å². The van der Waals surface area contributed by atoms with E-state index in [0.29, 0.717) is 6.79 Å². The Hall–Kier alpha value is -2.57. The number of hydrogen-bond donors (Lipinski definition) is 3. The minimum Gasteiger partial charge on any atom is -0.454 e. The number of ether oxygens (including phenoxy) is 2. The van der Waals surface area contributed by atoms with Gasteiger partial charge in [-0.05, 0) is 37.3 Å². The predicted molar refractivity (Wildman–Crippen MR) is 102 cm³/mol. The van der Waals surface area contributed by atoms with Crippen molar-refractivity contribution in [3.05, 3.63) is 54.1 Å². The standard InChI is InChI=1S/C21H25N3O3/c1-16(21(25)22-18-5-3-2-4-6-18)24-11-9-23(10-12-24)14-17-7-8-19-20(13-17)27-15-26-19/h2-8,13,16H,9-12,14-15H2,1H3,(H,22,25)/p+2/t16-/m0/s1. The predicted octanol–water partition coefficient (Wildman–Crippen LogP) is -0.274. The number of para-hydroxylation sites is 1. The number of fused-ring (bicyclic) bond motifs is 1. The van der Waals surface area contributed by atoms with E-state index in [1.54, 1.807) is 4.90 Å². The molecule has 2 aliphatic rings. The fraction of sp³-hybridized carbons (Fsp3) is 0.381. The summed E-state index contributed by atoms with van der Waals surface area (Å²) >= 11 is 0. The second-order valence-corrected chi connectivity index (χ2v) is 7.35. The third-order valence-electron chi connectivity index (χ3n) is 5.54. The molecule has 1 atom stereocenters. The molecule has 2 heterocycles. The van der Waals surface area contributed by atoms with Crippen LogP contribution >= 0.6 is 0 Å². The van der Waals surface area contributed by atoms with Gasteiger partial charge in [0.05, 0.1) is 0 Å². The van der Waals surface area contributed by atoms with E-state index in [0.717, 1.165) is 49.9 Å². The molecule has 6 nitrogen and oxygen atoms in total. The summed E-state index contributed by atoms with van der Waals surface area (Å²) in [6.07, 6.45) is 0.